The van der Waals surface area contributed by atoms with Gasteiger partial charge in [0.25, 0.3) is 0 Å². The Balaban J connectivity index is 1.99. The van der Waals surface area contributed by atoms with Gasteiger partial charge in [-0.2, -0.15) is 0 Å². The van der Waals surface area contributed by atoms with Crippen LogP contribution in [0.3, 0.4) is 0 Å². The maximum atomic E-state index is 5.91. The van der Waals surface area contributed by atoms with Crippen molar-refractivity contribution in [1.82, 2.24) is 5.32 Å². The molecule has 0 saturated heterocycles. The van der Waals surface area contributed by atoms with Crippen LogP contribution in [0.2, 0.25) is 5.02 Å². The first kappa shape index (κ1) is 14.9. The lowest BCUT2D eigenvalue weighted by Gasteiger charge is -2.16. The van der Waals surface area contributed by atoms with Crippen LogP contribution < -0.4 is 10.1 Å². The fourth-order valence-electron chi connectivity index (χ4n) is 2.23. The lowest BCUT2D eigenvalue weighted by Crippen LogP contribution is -2.29. The first-order valence-corrected chi connectivity index (χ1v) is 7.13. The molecular weight excluding hydrogens is 270 g/mol. The van der Waals surface area contributed by atoms with Gasteiger partial charge < -0.3 is 10.1 Å². The molecule has 2 nitrogen and oxygen atoms in total. The number of nitrogens with one attached hydrogen (secondary N) is 1. The van der Waals surface area contributed by atoms with Crippen LogP contribution in [0.1, 0.15) is 11.1 Å². The summed E-state index contributed by atoms with van der Waals surface area (Å²) in [5, 5.41) is 4.16. The second-order valence-electron chi connectivity index (χ2n) is 4.87. The molecule has 1 N–H and O–H groups in total. The molecule has 0 saturated carbocycles. The molecule has 2 aromatic carbocycles. The maximum Gasteiger partial charge on any atom is 0.118 e. The van der Waals surface area contributed by atoms with Gasteiger partial charge in [-0.1, -0.05) is 35.9 Å². The average molecular weight is 290 g/mol. The van der Waals surface area contributed by atoms with Crippen LogP contribution in [0.15, 0.2) is 48.5 Å². The summed E-state index contributed by atoms with van der Waals surface area (Å²) in [4.78, 5) is 0. The summed E-state index contributed by atoms with van der Waals surface area (Å²) in [6.07, 6.45) is 1.98. The highest BCUT2D eigenvalue weighted by Gasteiger charge is 2.08. The molecule has 0 aliphatic heterocycles. The lowest BCUT2D eigenvalue weighted by molar-refractivity contribution is 0.414. The van der Waals surface area contributed by atoms with E-state index in [4.69, 9.17) is 16.3 Å². The minimum Gasteiger partial charge on any atom is -0.497 e. The molecule has 0 radical (unpaired) electrons. The summed E-state index contributed by atoms with van der Waals surface area (Å²) in [7, 11) is 3.69. The van der Waals surface area contributed by atoms with E-state index in [-0.39, 0.29) is 0 Å². The van der Waals surface area contributed by atoms with Crippen molar-refractivity contribution >= 4 is 11.6 Å². The van der Waals surface area contributed by atoms with Crippen molar-refractivity contribution in [2.45, 2.75) is 18.9 Å². The van der Waals surface area contributed by atoms with E-state index in [2.05, 4.69) is 29.6 Å². The van der Waals surface area contributed by atoms with Crippen molar-refractivity contribution in [1.29, 1.82) is 0 Å². The fraction of sp³-hybridized carbons (Fsp3) is 0.294. The summed E-state index contributed by atoms with van der Waals surface area (Å²) in [5.41, 5.74) is 2.60. The Morgan fingerprint density at radius 2 is 1.45 bits per heavy atom. The Morgan fingerprint density at radius 1 is 0.950 bits per heavy atom. The van der Waals surface area contributed by atoms with Crippen LogP contribution in [0.4, 0.5) is 0 Å². The molecule has 2 aromatic rings. The summed E-state index contributed by atoms with van der Waals surface area (Å²) < 4.78 is 5.18. The van der Waals surface area contributed by atoms with Crippen molar-refractivity contribution in [3.05, 3.63) is 64.7 Å². The van der Waals surface area contributed by atoms with Gasteiger partial charge in [-0.05, 0) is 55.3 Å². The molecule has 20 heavy (non-hydrogen) atoms. The summed E-state index contributed by atoms with van der Waals surface area (Å²) in [6.45, 7) is 0. The van der Waals surface area contributed by atoms with Gasteiger partial charge in [0.1, 0.15) is 5.75 Å². The van der Waals surface area contributed by atoms with E-state index in [0.29, 0.717) is 6.04 Å². The molecule has 0 spiro atoms. The Kier molecular flexibility index (Phi) is 5.45. The highest BCUT2D eigenvalue weighted by Crippen LogP contribution is 2.15. The van der Waals surface area contributed by atoms with E-state index in [9.17, 15) is 0 Å². The number of rotatable bonds is 6. The quantitative estimate of drug-likeness (QED) is 0.875. The van der Waals surface area contributed by atoms with Gasteiger partial charge in [0.15, 0.2) is 0 Å². The molecule has 0 aliphatic carbocycles. The highest BCUT2D eigenvalue weighted by molar-refractivity contribution is 6.30. The normalized spacial score (nSPS) is 12.2. The summed E-state index contributed by atoms with van der Waals surface area (Å²) in [6, 6.07) is 16.7. The fourth-order valence-corrected chi connectivity index (χ4v) is 2.35. The van der Waals surface area contributed by atoms with Gasteiger partial charge in [0.05, 0.1) is 7.11 Å². The molecule has 3 heteroatoms. The predicted molar refractivity (Wildman–Crippen MR) is 84.7 cm³/mol. The number of methoxy groups -OCH3 is 1. The van der Waals surface area contributed by atoms with Gasteiger partial charge >= 0.3 is 0 Å². The van der Waals surface area contributed by atoms with Crippen LogP contribution in [-0.4, -0.2) is 20.2 Å². The van der Waals surface area contributed by atoms with E-state index >= 15 is 0 Å². The van der Waals surface area contributed by atoms with Crippen molar-refractivity contribution < 1.29 is 4.74 Å². The molecule has 0 aliphatic rings. The van der Waals surface area contributed by atoms with Crippen LogP contribution >= 0.6 is 11.6 Å². The van der Waals surface area contributed by atoms with Crippen molar-refractivity contribution in [3.63, 3.8) is 0 Å². The third-order valence-electron chi connectivity index (χ3n) is 3.44. The van der Waals surface area contributed by atoms with Crippen molar-refractivity contribution in [3.8, 4) is 5.75 Å². The predicted octanol–water partition coefficient (Wildman–Crippen LogP) is 3.72. The number of benzene rings is 2. The second-order valence-corrected chi connectivity index (χ2v) is 5.30. The largest absolute Gasteiger partial charge is 0.497 e. The zero-order chi connectivity index (χ0) is 14.4. The Hall–Kier alpha value is -1.51. The molecule has 0 bridgehead atoms. The van der Waals surface area contributed by atoms with E-state index in [0.717, 1.165) is 23.6 Å². The van der Waals surface area contributed by atoms with Crippen molar-refractivity contribution in [2.75, 3.05) is 14.2 Å². The van der Waals surface area contributed by atoms with Crippen LogP contribution in [0, 0.1) is 0 Å². The maximum absolute atomic E-state index is 5.91. The van der Waals surface area contributed by atoms with Crippen molar-refractivity contribution in [2.24, 2.45) is 0 Å². The van der Waals surface area contributed by atoms with Gasteiger partial charge in [-0.15, -0.1) is 0 Å². The molecule has 1 unspecified atom stereocenters. The van der Waals surface area contributed by atoms with E-state index in [1.807, 2.05) is 31.3 Å². The van der Waals surface area contributed by atoms with E-state index < -0.39 is 0 Å². The minimum absolute atomic E-state index is 0.407. The van der Waals surface area contributed by atoms with Crippen LogP contribution in [0.25, 0.3) is 0 Å². The second kappa shape index (κ2) is 7.32. The molecule has 0 amide bonds. The number of hydrogen-bond acceptors (Lipinski definition) is 2. The molecule has 106 valence electrons. The third-order valence-corrected chi connectivity index (χ3v) is 3.70. The topological polar surface area (TPSA) is 21.3 Å². The zero-order valence-corrected chi connectivity index (χ0v) is 12.7. The van der Waals surface area contributed by atoms with Gasteiger partial charge in [-0.3, -0.25) is 0 Å². The lowest BCUT2D eigenvalue weighted by atomic mass is 9.99. The average Bonchev–Trinajstić information content (AvgIpc) is 2.49. The third kappa shape index (κ3) is 4.26. The first-order chi connectivity index (χ1) is 9.71. The first-order valence-electron chi connectivity index (χ1n) is 6.76. The number of ether oxygens (including phenoxy) is 1. The van der Waals surface area contributed by atoms with Crippen LogP contribution in [0.5, 0.6) is 5.75 Å². The Labute approximate surface area is 125 Å². The summed E-state index contributed by atoms with van der Waals surface area (Å²) in [5.74, 6) is 0.896. The number of hydrogen-bond donors (Lipinski definition) is 1. The smallest absolute Gasteiger partial charge is 0.118 e. The molecule has 0 aromatic heterocycles. The molecular formula is C17H20ClNO. The van der Waals surface area contributed by atoms with Gasteiger partial charge in [0, 0.05) is 11.1 Å². The molecule has 0 heterocycles. The summed E-state index contributed by atoms with van der Waals surface area (Å²) >= 11 is 5.91. The molecule has 2 rings (SSSR count). The Morgan fingerprint density at radius 3 is 1.90 bits per heavy atom. The molecule has 0 fully saturated rings. The van der Waals surface area contributed by atoms with E-state index in [1.54, 1.807) is 7.11 Å². The Bertz CT molecular complexity index is 522. The number of likely N-dealkylation sites (N-methyl/N-ethyl adjacent to an activating group) is 1. The molecule has 1 atom stereocenters. The van der Waals surface area contributed by atoms with Gasteiger partial charge in [0.2, 0.25) is 0 Å². The number of halogens is 1. The standard InChI is InChI=1S/C17H20ClNO/c1-19-16(11-13-3-7-15(18)8-4-13)12-14-5-9-17(20-2)10-6-14/h3-10,16,19H,11-12H2,1-2H3. The SMILES string of the molecule is CNC(Cc1ccc(Cl)cc1)Cc1ccc(OC)cc1. The van der Waals surface area contributed by atoms with E-state index in [1.165, 1.54) is 11.1 Å². The minimum atomic E-state index is 0.407. The van der Waals surface area contributed by atoms with Crippen LogP contribution in [-0.2, 0) is 12.8 Å². The highest BCUT2D eigenvalue weighted by atomic mass is 35.5. The van der Waals surface area contributed by atoms with Gasteiger partial charge in [-0.25, -0.2) is 0 Å². The monoisotopic (exact) mass is 289 g/mol. The zero-order valence-electron chi connectivity index (χ0n) is 11.9.